The van der Waals surface area contributed by atoms with Crippen LogP contribution >= 0.6 is 0 Å². The first-order chi connectivity index (χ1) is 15.1. The summed E-state index contributed by atoms with van der Waals surface area (Å²) in [6.07, 6.45) is 0.699. The van der Waals surface area contributed by atoms with Crippen LogP contribution in [0.1, 0.15) is 28.3 Å². The van der Waals surface area contributed by atoms with E-state index in [1.54, 1.807) is 38.5 Å². The van der Waals surface area contributed by atoms with Gasteiger partial charge in [-0.05, 0) is 53.4 Å². The number of amides is 2. The van der Waals surface area contributed by atoms with Crippen molar-refractivity contribution < 1.29 is 14.3 Å². The van der Waals surface area contributed by atoms with Crippen LogP contribution in [0.2, 0.25) is 0 Å². The molecule has 0 bridgehead atoms. The van der Waals surface area contributed by atoms with Crippen molar-refractivity contribution in [2.24, 2.45) is 0 Å². The Morgan fingerprint density at radius 2 is 1.77 bits per heavy atom. The van der Waals surface area contributed by atoms with Crippen LogP contribution in [0.5, 0.6) is 11.5 Å². The van der Waals surface area contributed by atoms with Crippen LogP contribution in [0, 0.1) is 11.3 Å². The van der Waals surface area contributed by atoms with E-state index in [-0.39, 0.29) is 12.1 Å². The monoisotopic (exact) mass is 413 g/mol. The number of nitriles is 1. The standard InChI is InChI=1S/C25H23N3O3/c1-30-22-14-19-11-12-28(25(29)27-20-10-6-7-17(13-20)16-26)24(18-8-4-3-5-9-18)21(19)15-23(22)31-2/h3-10,13-15,24H,11-12H2,1-2H3,(H,27,29). The predicted octanol–water partition coefficient (Wildman–Crippen LogP) is 4.76. The number of fused-ring (bicyclic) bond motifs is 1. The van der Waals surface area contributed by atoms with Crippen molar-refractivity contribution in [3.63, 3.8) is 0 Å². The molecule has 0 fully saturated rings. The quantitative estimate of drug-likeness (QED) is 0.669. The van der Waals surface area contributed by atoms with E-state index < -0.39 is 0 Å². The van der Waals surface area contributed by atoms with Gasteiger partial charge in [0.25, 0.3) is 0 Å². The Morgan fingerprint density at radius 3 is 2.48 bits per heavy atom. The first-order valence-electron chi connectivity index (χ1n) is 10.0. The Morgan fingerprint density at radius 1 is 1.03 bits per heavy atom. The average molecular weight is 413 g/mol. The highest BCUT2D eigenvalue weighted by atomic mass is 16.5. The molecule has 1 unspecified atom stereocenters. The number of nitrogens with one attached hydrogen (secondary N) is 1. The van der Waals surface area contributed by atoms with E-state index in [1.165, 1.54) is 0 Å². The van der Waals surface area contributed by atoms with Gasteiger partial charge < -0.3 is 19.7 Å². The van der Waals surface area contributed by atoms with Gasteiger partial charge in [0.05, 0.1) is 31.9 Å². The number of benzene rings is 3. The molecule has 1 aliphatic rings. The lowest BCUT2D eigenvalue weighted by atomic mass is 9.88. The molecule has 1 N–H and O–H groups in total. The van der Waals surface area contributed by atoms with Gasteiger partial charge in [0, 0.05) is 12.2 Å². The van der Waals surface area contributed by atoms with Gasteiger partial charge in [0.1, 0.15) is 0 Å². The average Bonchev–Trinajstić information content (AvgIpc) is 2.82. The molecule has 0 aliphatic carbocycles. The minimum atomic E-state index is -0.274. The lowest BCUT2D eigenvalue weighted by Gasteiger charge is -2.38. The number of carbonyl (C=O) groups excluding carboxylic acids is 1. The maximum absolute atomic E-state index is 13.3. The van der Waals surface area contributed by atoms with Crippen LogP contribution in [-0.2, 0) is 6.42 Å². The first kappa shape index (κ1) is 20.3. The van der Waals surface area contributed by atoms with Crippen LogP contribution < -0.4 is 14.8 Å². The molecule has 31 heavy (non-hydrogen) atoms. The highest BCUT2D eigenvalue weighted by molar-refractivity contribution is 5.90. The second-order valence-corrected chi connectivity index (χ2v) is 7.29. The fourth-order valence-electron chi connectivity index (χ4n) is 4.02. The Labute approximate surface area is 181 Å². The zero-order valence-electron chi connectivity index (χ0n) is 17.5. The van der Waals surface area contributed by atoms with Gasteiger partial charge in [0.15, 0.2) is 11.5 Å². The number of methoxy groups -OCH3 is 2. The SMILES string of the molecule is COc1cc2c(cc1OC)C(c1ccccc1)N(C(=O)Nc1cccc(C#N)c1)CC2. The number of carbonyl (C=O) groups is 1. The van der Waals surface area contributed by atoms with E-state index in [2.05, 4.69) is 11.4 Å². The number of nitrogens with zero attached hydrogens (tertiary/aromatic N) is 2. The molecule has 0 saturated carbocycles. The molecule has 2 amide bonds. The highest BCUT2D eigenvalue weighted by Crippen LogP contribution is 2.41. The molecule has 1 atom stereocenters. The maximum atomic E-state index is 13.3. The summed E-state index contributed by atoms with van der Waals surface area (Å²) < 4.78 is 11.0. The summed E-state index contributed by atoms with van der Waals surface area (Å²) in [6.45, 7) is 0.547. The molecule has 6 heteroatoms. The number of hydrogen-bond acceptors (Lipinski definition) is 4. The molecule has 6 nitrogen and oxygen atoms in total. The number of rotatable bonds is 4. The van der Waals surface area contributed by atoms with Crippen LogP contribution in [0.4, 0.5) is 10.5 Å². The summed E-state index contributed by atoms with van der Waals surface area (Å²) in [7, 11) is 3.23. The summed E-state index contributed by atoms with van der Waals surface area (Å²) in [5, 5.41) is 12.1. The third kappa shape index (κ3) is 4.03. The molecule has 0 saturated heterocycles. The van der Waals surface area contributed by atoms with E-state index in [4.69, 9.17) is 14.7 Å². The molecule has 0 radical (unpaired) electrons. The van der Waals surface area contributed by atoms with Crippen molar-refractivity contribution in [1.82, 2.24) is 4.90 Å². The van der Waals surface area contributed by atoms with Gasteiger partial charge in [-0.2, -0.15) is 5.26 Å². The van der Waals surface area contributed by atoms with Gasteiger partial charge in [-0.15, -0.1) is 0 Å². The fraction of sp³-hybridized carbons (Fsp3) is 0.200. The lowest BCUT2D eigenvalue weighted by Crippen LogP contribution is -2.43. The van der Waals surface area contributed by atoms with E-state index in [0.717, 1.165) is 16.7 Å². The van der Waals surface area contributed by atoms with Gasteiger partial charge >= 0.3 is 6.03 Å². The number of anilines is 1. The zero-order valence-corrected chi connectivity index (χ0v) is 17.5. The third-order valence-electron chi connectivity index (χ3n) is 5.49. The summed E-state index contributed by atoms with van der Waals surface area (Å²) in [4.78, 5) is 15.1. The summed E-state index contributed by atoms with van der Waals surface area (Å²) in [5.41, 5.74) is 4.24. The summed E-state index contributed by atoms with van der Waals surface area (Å²) in [6, 6.07) is 22.4. The molecule has 0 spiro atoms. The molecule has 4 rings (SSSR count). The van der Waals surface area contributed by atoms with Gasteiger partial charge in [-0.1, -0.05) is 36.4 Å². The lowest BCUT2D eigenvalue weighted by molar-refractivity contribution is 0.193. The molecule has 0 aromatic heterocycles. The minimum Gasteiger partial charge on any atom is -0.493 e. The van der Waals surface area contributed by atoms with E-state index in [0.29, 0.717) is 35.7 Å². The third-order valence-corrected chi connectivity index (χ3v) is 5.49. The molecule has 3 aromatic carbocycles. The topological polar surface area (TPSA) is 74.6 Å². The Hall–Kier alpha value is -3.98. The second-order valence-electron chi connectivity index (χ2n) is 7.29. The minimum absolute atomic E-state index is 0.218. The Bertz CT molecular complexity index is 1140. The zero-order chi connectivity index (χ0) is 21.8. The van der Waals surface area contributed by atoms with Crippen molar-refractivity contribution in [1.29, 1.82) is 5.26 Å². The van der Waals surface area contributed by atoms with Crippen molar-refractivity contribution in [2.75, 3.05) is 26.1 Å². The van der Waals surface area contributed by atoms with Crippen LogP contribution in [0.25, 0.3) is 0 Å². The number of urea groups is 1. The van der Waals surface area contributed by atoms with Crippen LogP contribution in [-0.4, -0.2) is 31.7 Å². The van der Waals surface area contributed by atoms with Gasteiger partial charge in [-0.25, -0.2) is 4.79 Å². The fourth-order valence-corrected chi connectivity index (χ4v) is 4.02. The van der Waals surface area contributed by atoms with Crippen molar-refractivity contribution in [3.8, 4) is 17.6 Å². The molecule has 1 heterocycles. The second kappa shape index (κ2) is 8.80. The van der Waals surface area contributed by atoms with Gasteiger partial charge in [-0.3, -0.25) is 0 Å². The Kier molecular flexibility index (Phi) is 5.76. The molecule has 156 valence electrons. The van der Waals surface area contributed by atoms with Crippen molar-refractivity contribution in [3.05, 3.63) is 89.0 Å². The maximum Gasteiger partial charge on any atom is 0.322 e. The van der Waals surface area contributed by atoms with E-state index in [1.807, 2.05) is 47.4 Å². The molecular formula is C25H23N3O3. The smallest absolute Gasteiger partial charge is 0.322 e. The number of ether oxygens (including phenoxy) is 2. The van der Waals surface area contributed by atoms with E-state index in [9.17, 15) is 4.79 Å². The van der Waals surface area contributed by atoms with Crippen molar-refractivity contribution >= 4 is 11.7 Å². The van der Waals surface area contributed by atoms with Crippen LogP contribution in [0.15, 0.2) is 66.7 Å². The van der Waals surface area contributed by atoms with Crippen LogP contribution in [0.3, 0.4) is 0 Å². The largest absolute Gasteiger partial charge is 0.493 e. The molecule has 3 aromatic rings. The highest BCUT2D eigenvalue weighted by Gasteiger charge is 2.33. The summed E-state index contributed by atoms with van der Waals surface area (Å²) >= 11 is 0. The van der Waals surface area contributed by atoms with Crippen molar-refractivity contribution in [2.45, 2.75) is 12.5 Å². The first-order valence-corrected chi connectivity index (χ1v) is 10.0. The summed E-state index contributed by atoms with van der Waals surface area (Å²) in [5.74, 6) is 1.31. The Balaban J connectivity index is 1.74. The molecule has 1 aliphatic heterocycles. The molecular weight excluding hydrogens is 390 g/mol. The predicted molar refractivity (Wildman–Crippen MR) is 118 cm³/mol. The van der Waals surface area contributed by atoms with Gasteiger partial charge in [0.2, 0.25) is 0 Å². The number of hydrogen-bond donors (Lipinski definition) is 1. The normalized spacial score (nSPS) is 14.9. The van der Waals surface area contributed by atoms with E-state index >= 15 is 0 Å².